The Morgan fingerprint density at radius 1 is 1.38 bits per heavy atom. The van der Waals surface area contributed by atoms with E-state index in [0.717, 1.165) is 31.2 Å². The lowest BCUT2D eigenvalue weighted by Crippen LogP contribution is -2.57. The number of carbonyl (C=O) groups excluding carboxylic acids is 1. The third kappa shape index (κ3) is 3.85. The van der Waals surface area contributed by atoms with Gasteiger partial charge < -0.3 is 14.6 Å². The van der Waals surface area contributed by atoms with Gasteiger partial charge in [-0.25, -0.2) is 4.98 Å². The van der Waals surface area contributed by atoms with Crippen molar-refractivity contribution in [2.45, 2.75) is 19.4 Å². The minimum Gasteiger partial charge on any atom is -0.462 e. The number of thiazole rings is 1. The Balaban J connectivity index is 1.57. The molecule has 3 heterocycles. The third-order valence-electron chi connectivity index (χ3n) is 4.51. The molecular formula is C17H24N4O2S. The Kier molecular flexibility index (Phi) is 5.03. The highest BCUT2D eigenvalue weighted by molar-refractivity contribution is 7.13. The number of hydrogen-bond acceptors (Lipinski definition) is 6. The Morgan fingerprint density at radius 2 is 2.12 bits per heavy atom. The van der Waals surface area contributed by atoms with Crippen LogP contribution < -0.4 is 5.32 Å². The molecule has 7 heteroatoms. The minimum atomic E-state index is -0.133. The van der Waals surface area contributed by atoms with Crippen molar-refractivity contribution in [1.29, 1.82) is 0 Å². The van der Waals surface area contributed by atoms with Gasteiger partial charge in [-0.1, -0.05) is 0 Å². The van der Waals surface area contributed by atoms with Crippen LogP contribution in [0.5, 0.6) is 0 Å². The van der Waals surface area contributed by atoms with Gasteiger partial charge >= 0.3 is 0 Å². The average molecular weight is 348 g/mol. The van der Waals surface area contributed by atoms with Gasteiger partial charge in [-0.15, -0.1) is 11.3 Å². The molecule has 3 rings (SSSR count). The molecular weight excluding hydrogens is 324 g/mol. The number of amides is 1. The molecule has 0 atom stereocenters. The molecule has 2 aromatic rings. The van der Waals surface area contributed by atoms with E-state index in [1.807, 2.05) is 12.1 Å². The monoisotopic (exact) mass is 348 g/mol. The van der Waals surface area contributed by atoms with E-state index in [9.17, 15) is 4.79 Å². The van der Waals surface area contributed by atoms with Gasteiger partial charge in [-0.3, -0.25) is 9.69 Å². The summed E-state index contributed by atoms with van der Waals surface area (Å²) >= 11 is 1.42. The third-order valence-corrected chi connectivity index (χ3v) is 5.37. The smallest absolute Gasteiger partial charge is 0.270 e. The molecule has 1 aliphatic rings. The van der Waals surface area contributed by atoms with Crippen LogP contribution in [-0.4, -0.2) is 66.0 Å². The van der Waals surface area contributed by atoms with Crippen molar-refractivity contribution in [1.82, 2.24) is 20.1 Å². The van der Waals surface area contributed by atoms with Gasteiger partial charge in [0.2, 0.25) is 0 Å². The van der Waals surface area contributed by atoms with E-state index in [4.69, 9.17) is 4.42 Å². The number of piperazine rings is 1. The molecule has 0 bridgehead atoms. The van der Waals surface area contributed by atoms with Gasteiger partial charge in [-0.2, -0.15) is 0 Å². The van der Waals surface area contributed by atoms with Gasteiger partial charge in [0.25, 0.3) is 5.91 Å². The van der Waals surface area contributed by atoms with Crippen LogP contribution in [0.4, 0.5) is 0 Å². The van der Waals surface area contributed by atoms with Crippen LogP contribution >= 0.6 is 11.3 Å². The van der Waals surface area contributed by atoms with E-state index >= 15 is 0 Å². The summed E-state index contributed by atoms with van der Waals surface area (Å²) in [6.07, 6.45) is 1.61. The lowest BCUT2D eigenvalue weighted by Gasteiger charge is -2.43. The van der Waals surface area contributed by atoms with Crippen LogP contribution in [0.2, 0.25) is 0 Å². The molecule has 0 unspecified atom stereocenters. The number of aromatic nitrogens is 1. The van der Waals surface area contributed by atoms with Gasteiger partial charge in [0.15, 0.2) is 10.8 Å². The van der Waals surface area contributed by atoms with Crippen LogP contribution in [0, 0.1) is 0 Å². The van der Waals surface area contributed by atoms with Crippen LogP contribution in [0.15, 0.2) is 28.2 Å². The highest BCUT2D eigenvalue weighted by Gasteiger charge is 2.29. The fraction of sp³-hybridized carbons (Fsp3) is 0.529. The zero-order chi connectivity index (χ0) is 17.2. The summed E-state index contributed by atoms with van der Waals surface area (Å²) in [6, 6.07) is 3.66. The van der Waals surface area contributed by atoms with Crippen molar-refractivity contribution >= 4 is 17.2 Å². The second kappa shape index (κ2) is 7.04. The summed E-state index contributed by atoms with van der Waals surface area (Å²) < 4.78 is 5.32. The van der Waals surface area contributed by atoms with Gasteiger partial charge in [-0.05, 0) is 33.0 Å². The topological polar surface area (TPSA) is 61.6 Å². The van der Waals surface area contributed by atoms with E-state index in [1.54, 1.807) is 11.6 Å². The summed E-state index contributed by atoms with van der Waals surface area (Å²) in [5.41, 5.74) is 0.372. The lowest BCUT2D eigenvalue weighted by molar-refractivity contribution is 0.0587. The molecule has 1 amide bonds. The summed E-state index contributed by atoms with van der Waals surface area (Å²) in [5, 5.41) is 5.52. The Morgan fingerprint density at radius 3 is 2.79 bits per heavy atom. The predicted molar refractivity (Wildman–Crippen MR) is 95.3 cm³/mol. The van der Waals surface area contributed by atoms with Crippen LogP contribution in [0.25, 0.3) is 10.8 Å². The fourth-order valence-corrected chi connectivity index (χ4v) is 3.57. The number of nitrogens with zero attached hydrogens (tertiary/aromatic N) is 3. The van der Waals surface area contributed by atoms with Crippen LogP contribution in [0.3, 0.4) is 0 Å². The van der Waals surface area contributed by atoms with E-state index in [0.29, 0.717) is 18.0 Å². The normalized spacial score (nSPS) is 17.1. The number of carbonyl (C=O) groups is 1. The molecule has 1 N–H and O–H groups in total. The van der Waals surface area contributed by atoms with E-state index in [2.05, 4.69) is 41.0 Å². The number of furan rings is 1. The fourth-order valence-electron chi connectivity index (χ4n) is 2.80. The summed E-state index contributed by atoms with van der Waals surface area (Å²) in [5.74, 6) is 0.558. The lowest BCUT2D eigenvalue weighted by atomic mass is 10.0. The molecule has 1 saturated heterocycles. The first-order chi connectivity index (χ1) is 11.5. The number of rotatable bonds is 5. The quantitative estimate of drug-likeness (QED) is 0.897. The number of nitrogens with one attached hydrogen (secondary N) is 1. The SMILES string of the molecule is CN1CCN(C(C)(C)CNC(=O)c2csc(-c3ccco3)n2)CC1. The van der Waals surface area contributed by atoms with Crippen molar-refractivity contribution in [2.75, 3.05) is 39.8 Å². The molecule has 2 aromatic heterocycles. The Hall–Kier alpha value is -1.70. The van der Waals surface area contributed by atoms with Crippen molar-refractivity contribution in [3.05, 3.63) is 29.5 Å². The zero-order valence-electron chi connectivity index (χ0n) is 14.4. The molecule has 0 radical (unpaired) electrons. The molecule has 0 aliphatic carbocycles. The first kappa shape index (κ1) is 17.1. The molecule has 0 aromatic carbocycles. The van der Waals surface area contributed by atoms with Crippen LogP contribution in [0.1, 0.15) is 24.3 Å². The van der Waals surface area contributed by atoms with Gasteiger partial charge in [0.1, 0.15) is 5.69 Å². The predicted octanol–water partition coefficient (Wildman–Crippen LogP) is 2.16. The zero-order valence-corrected chi connectivity index (χ0v) is 15.2. The summed E-state index contributed by atoms with van der Waals surface area (Å²) in [7, 11) is 2.14. The molecule has 6 nitrogen and oxygen atoms in total. The minimum absolute atomic E-state index is 0.0726. The molecule has 1 aliphatic heterocycles. The van der Waals surface area contributed by atoms with E-state index in [1.165, 1.54) is 11.3 Å². The average Bonchev–Trinajstić information content (AvgIpc) is 3.24. The number of hydrogen-bond donors (Lipinski definition) is 1. The molecule has 0 saturated carbocycles. The first-order valence-electron chi connectivity index (χ1n) is 8.17. The highest BCUT2D eigenvalue weighted by atomic mass is 32.1. The summed E-state index contributed by atoms with van der Waals surface area (Å²) in [6.45, 7) is 9.13. The second-order valence-electron chi connectivity index (χ2n) is 6.80. The Bertz CT molecular complexity index is 673. The Labute approximate surface area is 146 Å². The van der Waals surface area contributed by atoms with Gasteiger partial charge in [0, 0.05) is 43.6 Å². The molecule has 1 fully saturated rings. The van der Waals surface area contributed by atoms with Crippen molar-refractivity contribution < 1.29 is 9.21 Å². The van der Waals surface area contributed by atoms with Gasteiger partial charge in [0.05, 0.1) is 6.26 Å². The van der Waals surface area contributed by atoms with E-state index in [-0.39, 0.29) is 11.4 Å². The van der Waals surface area contributed by atoms with Crippen molar-refractivity contribution in [3.63, 3.8) is 0 Å². The van der Waals surface area contributed by atoms with Crippen molar-refractivity contribution in [3.8, 4) is 10.8 Å². The molecule has 0 spiro atoms. The van der Waals surface area contributed by atoms with Crippen LogP contribution in [-0.2, 0) is 0 Å². The van der Waals surface area contributed by atoms with E-state index < -0.39 is 0 Å². The maximum absolute atomic E-state index is 12.4. The maximum atomic E-state index is 12.4. The largest absolute Gasteiger partial charge is 0.462 e. The standard InChI is InChI=1S/C17H24N4O2S/c1-17(2,21-8-6-20(3)7-9-21)12-18-15(22)13-11-24-16(19-13)14-5-4-10-23-14/h4-5,10-11H,6-9,12H2,1-3H3,(H,18,22). The second-order valence-corrected chi connectivity index (χ2v) is 7.66. The maximum Gasteiger partial charge on any atom is 0.270 e. The first-order valence-corrected chi connectivity index (χ1v) is 9.05. The molecule has 24 heavy (non-hydrogen) atoms. The summed E-state index contributed by atoms with van der Waals surface area (Å²) in [4.78, 5) is 21.5. The molecule has 130 valence electrons. The number of likely N-dealkylation sites (N-methyl/N-ethyl adjacent to an activating group) is 1. The highest BCUT2D eigenvalue weighted by Crippen LogP contribution is 2.24. The van der Waals surface area contributed by atoms with Crippen molar-refractivity contribution in [2.24, 2.45) is 0 Å².